The molecule has 5 heteroatoms. The molecule has 0 saturated heterocycles. The van der Waals surface area contributed by atoms with Crippen molar-refractivity contribution < 1.29 is 4.79 Å². The van der Waals surface area contributed by atoms with Crippen LogP contribution in [0, 0.1) is 6.92 Å². The smallest absolute Gasteiger partial charge is 0.272 e. The number of allylic oxidation sites excluding steroid dienone is 1. The van der Waals surface area contributed by atoms with E-state index in [4.69, 9.17) is 0 Å². The third-order valence-corrected chi connectivity index (χ3v) is 4.24. The van der Waals surface area contributed by atoms with Gasteiger partial charge in [0.15, 0.2) is 0 Å². The Hall–Kier alpha value is -1.91. The fourth-order valence-corrected chi connectivity index (χ4v) is 2.92. The fourth-order valence-electron chi connectivity index (χ4n) is 2.92. The molecular weight excluding hydrogens is 288 g/mol. The van der Waals surface area contributed by atoms with Gasteiger partial charge in [0.05, 0.1) is 0 Å². The monoisotopic (exact) mass is 316 g/mol. The normalized spacial score (nSPS) is 14.3. The van der Waals surface area contributed by atoms with Gasteiger partial charge in [-0.2, -0.15) is 0 Å². The van der Waals surface area contributed by atoms with Gasteiger partial charge in [0.25, 0.3) is 5.91 Å². The summed E-state index contributed by atoms with van der Waals surface area (Å²) in [6, 6.07) is 1.77. The van der Waals surface area contributed by atoms with Gasteiger partial charge in [0.1, 0.15) is 17.3 Å². The van der Waals surface area contributed by atoms with E-state index >= 15 is 0 Å². The SMILES string of the molecule is CCN(CC)C(=O)c1cc(NCCC2=CCCCC2)nc(C)n1. The summed E-state index contributed by atoms with van der Waals surface area (Å²) < 4.78 is 0. The number of hydrogen-bond donors (Lipinski definition) is 1. The highest BCUT2D eigenvalue weighted by molar-refractivity contribution is 5.92. The van der Waals surface area contributed by atoms with E-state index in [0.717, 1.165) is 18.8 Å². The highest BCUT2D eigenvalue weighted by Gasteiger charge is 2.15. The zero-order valence-electron chi connectivity index (χ0n) is 14.6. The Bertz CT molecular complexity index is 564. The minimum absolute atomic E-state index is 0.0291. The van der Waals surface area contributed by atoms with E-state index in [9.17, 15) is 4.79 Å². The van der Waals surface area contributed by atoms with Crippen LogP contribution in [-0.2, 0) is 0 Å². The molecule has 1 aliphatic rings. The number of carbonyl (C=O) groups excluding carboxylic acids is 1. The lowest BCUT2D eigenvalue weighted by atomic mass is 9.97. The van der Waals surface area contributed by atoms with Gasteiger partial charge in [-0.05, 0) is 52.9 Å². The molecule has 0 spiro atoms. The number of nitrogens with zero attached hydrogens (tertiary/aromatic N) is 3. The number of aromatic nitrogens is 2. The van der Waals surface area contributed by atoms with Gasteiger partial charge in [-0.25, -0.2) is 9.97 Å². The maximum atomic E-state index is 12.4. The summed E-state index contributed by atoms with van der Waals surface area (Å²) in [7, 11) is 0. The topological polar surface area (TPSA) is 58.1 Å². The van der Waals surface area contributed by atoms with Crippen LogP contribution >= 0.6 is 0 Å². The molecule has 0 atom stereocenters. The number of amides is 1. The standard InChI is InChI=1S/C18H28N4O/c1-4-22(5-2)18(23)16-13-17(21-14(3)20-16)19-12-11-15-9-7-6-8-10-15/h9,13H,4-8,10-12H2,1-3H3,(H,19,20,21). The van der Waals surface area contributed by atoms with Gasteiger partial charge in [-0.3, -0.25) is 4.79 Å². The predicted molar refractivity (Wildman–Crippen MR) is 93.7 cm³/mol. The van der Waals surface area contributed by atoms with E-state index in [2.05, 4.69) is 21.4 Å². The maximum Gasteiger partial charge on any atom is 0.272 e. The Labute approximate surface area is 139 Å². The molecule has 0 aromatic carbocycles. The summed E-state index contributed by atoms with van der Waals surface area (Å²) in [6.45, 7) is 8.01. The number of carbonyl (C=O) groups is 1. The molecule has 0 radical (unpaired) electrons. The Morgan fingerprint density at radius 1 is 1.26 bits per heavy atom. The molecule has 1 heterocycles. The van der Waals surface area contributed by atoms with Crippen molar-refractivity contribution in [1.82, 2.24) is 14.9 Å². The van der Waals surface area contributed by atoms with Gasteiger partial charge in [0, 0.05) is 25.7 Å². The minimum Gasteiger partial charge on any atom is -0.370 e. The molecular formula is C18H28N4O. The van der Waals surface area contributed by atoms with E-state index in [0.29, 0.717) is 24.6 Å². The van der Waals surface area contributed by atoms with E-state index < -0.39 is 0 Å². The molecule has 0 fully saturated rings. The molecule has 5 nitrogen and oxygen atoms in total. The first-order valence-corrected chi connectivity index (χ1v) is 8.70. The second-order valence-corrected chi connectivity index (χ2v) is 5.95. The maximum absolute atomic E-state index is 12.4. The van der Waals surface area contributed by atoms with E-state index in [1.165, 1.54) is 31.3 Å². The van der Waals surface area contributed by atoms with Crippen molar-refractivity contribution in [1.29, 1.82) is 0 Å². The van der Waals surface area contributed by atoms with Crippen LogP contribution < -0.4 is 5.32 Å². The largest absolute Gasteiger partial charge is 0.370 e. The summed E-state index contributed by atoms with van der Waals surface area (Å²) in [5, 5.41) is 3.34. The molecule has 2 rings (SSSR count). The molecule has 126 valence electrons. The Balaban J connectivity index is 1.99. The van der Waals surface area contributed by atoms with Gasteiger partial charge in [0.2, 0.25) is 0 Å². The first-order chi connectivity index (χ1) is 11.1. The summed E-state index contributed by atoms with van der Waals surface area (Å²) in [5.41, 5.74) is 2.01. The minimum atomic E-state index is -0.0291. The van der Waals surface area contributed by atoms with Gasteiger partial charge >= 0.3 is 0 Å². The zero-order chi connectivity index (χ0) is 16.7. The van der Waals surface area contributed by atoms with Gasteiger partial charge < -0.3 is 10.2 Å². The van der Waals surface area contributed by atoms with Crippen LogP contribution in [0.15, 0.2) is 17.7 Å². The van der Waals surface area contributed by atoms with Crippen molar-refractivity contribution in [2.75, 3.05) is 25.0 Å². The van der Waals surface area contributed by atoms with Crippen molar-refractivity contribution >= 4 is 11.7 Å². The van der Waals surface area contributed by atoms with Crippen LogP contribution in [-0.4, -0.2) is 40.4 Å². The lowest BCUT2D eigenvalue weighted by Crippen LogP contribution is -2.31. The lowest BCUT2D eigenvalue weighted by molar-refractivity contribution is 0.0766. The quantitative estimate of drug-likeness (QED) is 0.781. The van der Waals surface area contributed by atoms with Crippen LogP contribution in [0.3, 0.4) is 0 Å². The van der Waals surface area contributed by atoms with Crippen LogP contribution in [0.25, 0.3) is 0 Å². The van der Waals surface area contributed by atoms with Crippen LogP contribution in [0.1, 0.15) is 62.3 Å². The Morgan fingerprint density at radius 3 is 2.70 bits per heavy atom. The fraction of sp³-hybridized carbons (Fsp3) is 0.611. The Kier molecular flexibility index (Phi) is 6.56. The number of aryl methyl sites for hydroxylation is 1. The number of rotatable bonds is 7. The average molecular weight is 316 g/mol. The second kappa shape index (κ2) is 8.65. The third-order valence-electron chi connectivity index (χ3n) is 4.24. The molecule has 23 heavy (non-hydrogen) atoms. The molecule has 1 N–H and O–H groups in total. The second-order valence-electron chi connectivity index (χ2n) is 5.95. The molecule has 1 aromatic rings. The van der Waals surface area contributed by atoms with Crippen molar-refractivity contribution in [2.45, 2.75) is 52.9 Å². The van der Waals surface area contributed by atoms with Crippen molar-refractivity contribution in [3.63, 3.8) is 0 Å². The summed E-state index contributed by atoms with van der Waals surface area (Å²) in [5.74, 6) is 1.34. The predicted octanol–water partition coefficient (Wildman–Crippen LogP) is 3.57. The Morgan fingerprint density at radius 2 is 2.04 bits per heavy atom. The molecule has 1 amide bonds. The number of nitrogens with one attached hydrogen (secondary N) is 1. The van der Waals surface area contributed by atoms with E-state index in [1.807, 2.05) is 20.8 Å². The van der Waals surface area contributed by atoms with Crippen molar-refractivity contribution in [3.05, 3.63) is 29.2 Å². The van der Waals surface area contributed by atoms with Crippen LogP contribution in [0.4, 0.5) is 5.82 Å². The zero-order valence-corrected chi connectivity index (χ0v) is 14.6. The third kappa shape index (κ3) is 5.05. The lowest BCUT2D eigenvalue weighted by Gasteiger charge is -2.18. The number of anilines is 1. The van der Waals surface area contributed by atoms with Gasteiger partial charge in [-0.1, -0.05) is 11.6 Å². The van der Waals surface area contributed by atoms with E-state index in [1.54, 1.807) is 11.0 Å². The average Bonchev–Trinajstić information content (AvgIpc) is 2.56. The highest BCUT2D eigenvalue weighted by atomic mass is 16.2. The first kappa shape index (κ1) is 17.4. The number of hydrogen-bond acceptors (Lipinski definition) is 4. The first-order valence-electron chi connectivity index (χ1n) is 8.70. The van der Waals surface area contributed by atoms with Crippen LogP contribution in [0.5, 0.6) is 0 Å². The van der Waals surface area contributed by atoms with Gasteiger partial charge in [-0.15, -0.1) is 0 Å². The molecule has 0 unspecified atom stereocenters. The van der Waals surface area contributed by atoms with Crippen molar-refractivity contribution in [2.24, 2.45) is 0 Å². The summed E-state index contributed by atoms with van der Waals surface area (Å²) in [4.78, 5) is 22.9. The summed E-state index contributed by atoms with van der Waals surface area (Å²) >= 11 is 0. The van der Waals surface area contributed by atoms with Crippen LogP contribution in [0.2, 0.25) is 0 Å². The molecule has 0 aliphatic heterocycles. The van der Waals surface area contributed by atoms with E-state index in [-0.39, 0.29) is 5.91 Å². The molecule has 1 aromatic heterocycles. The molecule has 0 bridgehead atoms. The highest BCUT2D eigenvalue weighted by Crippen LogP contribution is 2.20. The van der Waals surface area contributed by atoms with Crippen molar-refractivity contribution in [3.8, 4) is 0 Å². The molecule has 1 aliphatic carbocycles. The molecule has 0 saturated carbocycles. The summed E-state index contributed by atoms with van der Waals surface area (Å²) in [6.07, 6.45) is 8.47.